The van der Waals surface area contributed by atoms with Gasteiger partial charge in [0.2, 0.25) is 5.91 Å². The van der Waals surface area contributed by atoms with Crippen LogP contribution in [0.15, 0.2) is 89.8 Å². The number of carboxylic acid groups (broad SMARTS) is 1. The topological polar surface area (TPSA) is 108 Å². The van der Waals surface area contributed by atoms with E-state index in [1.807, 2.05) is 30.3 Å². The van der Waals surface area contributed by atoms with Crippen LogP contribution < -0.4 is 10.6 Å². The fraction of sp³-hybridized carbons (Fsp3) is 0.0370. The van der Waals surface area contributed by atoms with Gasteiger partial charge >= 0.3 is 5.97 Å². The number of thiazole rings is 1. The highest BCUT2D eigenvalue weighted by Gasteiger charge is 2.17. The van der Waals surface area contributed by atoms with Crippen LogP contribution in [0.3, 0.4) is 0 Å². The monoisotopic (exact) mass is 513 g/mol. The number of carbonyl (C=O) groups is 3. The van der Waals surface area contributed by atoms with E-state index < -0.39 is 11.9 Å². The number of fused-ring (bicyclic) bond motifs is 2. The minimum Gasteiger partial charge on any atom is -0.478 e. The van der Waals surface area contributed by atoms with E-state index >= 15 is 0 Å². The van der Waals surface area contributed by atoms with Gasteiger partial charge in [0.25, 0.3) is 5.91 Å². The molecule has 36 heavy (non-hydrogen) atoms. The zero-order valence-electron chi connectivity index (χ0n) is 18.7. The third-order valence-electron chi connectivity index (χ3n) is 5.38. The summed E-state index contributed by atoms with van der Waals surface area (Å²) in [7, 11) is 0. The van der Waals surface area contributed by atoms with Gasteiger partial charge in [-0.05, 0) is 47.9 Å². The number of anilines is 2. The number of hydrogen-bond acceptors (Lipinski definition) is 6. The van der Waals surface area contributed by atoms with E-state index in [2.05, 4.69) is 15.6 Å². The first-order valence-electron chi connectivity index (χ1n) is 10.9. The first-order chi connectivity index (χ1) is 17.5. The van der Waals surface area contributed by atoms with Crippen LogP contribution >= 0.6 is 23.1 Å². The molecule has 9 heteroatoms. The minimum absolute atomic E-state index is 0.0710. The fourth-order valence-electron chi connectivity index (χ4n) is 3.80. The van der Waals surface area contributed by atoms with Crippen LogP contribution in [0.2, 0.25) is 0 Å². The van der Waals surface area contributed by atoms with Gasteiger partial charge in [-0.1, -0.05) is 53.8 Å². The van der Waals surface area contributed by atoms with Gasteiger partial charge < -0.3 is 15.7 Å². The molecule has 178 valence electrons. The van der Waals surface area contributed by atoms with Gasteiger partial charge in [-0.25, -0.2) is 9.78 Å². The van der Waals surface area contributed by atoms with Crippen LogP contribution in [0, 0.1) is 0 Å². The van der Waals surface area contributed by atoms with Crippen molar-refractivity contribution in [2.24, 2.45) is 0 Å². The number of hydrogen-bond donors (Lipinski definition) is 3. The molecule has 0 aliphatic carbocycles. The van der Waals surface area contributed by atoms with E-state index in [-0.39, 0.29) is 22.8 Å². The molecule has 0 aliphatic heterocycles. The Kier molecular flexibility index (Phi) is 6.66. The largest absolute Gasteiger partial charge is 0.478 e. The molecule has 1 aromatic heterocycles. The third kappa shape index (κ3) is 5.07. The summed E-state index contributed by atoms with van der Waals surface area (Å²) in [4.78, 5) is 42.4. The Morgan fingerprint density at radius 2 is 1.61 bits per heavy atom. The SMILES string of the molecule is O=C(CSc1cccc(NC(=O)c2cccc3cccc(C(=O)O)c23)c1)Nc1nc2ccccc2s1. The molecule has 1 heterocycles. The van der Waals surface area contributed by atoms with Gasteiger partial charge in [0.15, 0.2) is 5.13 Å². The van der Waals surface area contributed by atoms with Crippen LogP contribution in [0.25, 0.3) is 21.0 Å². The molecule has 7 nitrogen and oxygen atoms in total. The van der Waals surface area contributed by atoms with Gasteiger partial charge in [0.1, 0.15) is 0 Å². The first kappa shape index (κ1) is 23.5. The highest BCUT2D eigenvalue weighted by atomic mass is 32.2. The molecule has 0 saturated heterocycles. The Morgan fingerprint density at radius 3 is 2.39 bits per heavy atom. The Morgan fingerprint density at radius 1 is 0.861 bits per heavy atom. The molecule has 0 unspecified atom stereocenters. The second kappa shape index (κ2) is 10.2. The number of carboxylic acids is 1. The molecule has 3 N–H and O–H groups in total. The second-order valence-corrected chi connectivity index (χ2v) is 9.90. The van der Waals surface area contributed by atoms with E-state index in [1.54, 1.807) is 48.5 Å². The summed E-state index contributed by atoms with van der Waals surface area (Å²) in [6, 6.07) is 24.9. The van der Waals surface area contributed by atoms with Gasteiger partial charge in [0, 0.05) is 21.5 Å². The van der Waals surface area contributed by atoms with Crippen molar-refractivity contribution in [3.8, 4) is 0 Å². The molecule has 2 amide bonds. The number of aromatic nitrogens is 1. The predicted octanol–water partition coefficient (Wildman–Crippen LogP) is 6.13. The molecule has 0 fully saturated rings. The molecular formula is C27H19N3O4S2. The Balaban J connectivity index is 1.27. The van der Waals surface area contributed by atoms with E-state index in [9.17, 15) is 19.5 Å². The molecular weight excluding hydrogens is 494 g/mol. The molecule has 0 aliphatic rings. The Hall–Kier alpha value is -4.21. The van der Waals surface area contributed by atoms with Crippen molar-refractivity contribution in [1.29, 1.82) is 0 Å². The summed E-state index contributed by atoms with van der Waals surface area (Å²) >= 11 is 2.76. The van der Waals surface area contributed by atoms with Crippen LogP contribution in [0.4, 0.5) is 10.8 Å². The highest BCUT2D eigenvalue weighted by molar-refractivity contribution is 8.00. The van der Waals surface area contributed by atoms with Crippen molar-refractivity contribution in [2.45, 2.75) is 4.90 Å². The maximum atomic E-state index is 13.1. The van der Waals surface area contributed by atoms with Gasteiger partial charge in [-0.3, -0.25) is 9.59 Å². The zero-order valence-corrected chi connectivity index (χ0v) is 20.4. The number of para-hydroxylation sites is 1. The summed E-state index contributed by atoms with van der Waals surface area (Å²) in [6.45, 7) is 0. The maximum Gasteiger partial charge on any atom is 0.336 e. The van der Waals surface area contributed by atoms with Crippen LogP contribution in [0.5, 0.6) is 0 Å². The lowest BCUT2D eigenvalue weighted by Crippen LogP contribution is -2.14. The van der Waals surface area contributed by atoms with Crippen molar-refractivity contribution < 1.29 is 19.5 Å². The van der Waals surface area contributed by atoms with E-state index in [0.29, 0.717) is 21.6 Å². The molecule has 0 atom stereocenters. The van der Waals surface area contributed by atoms with Crippen molar-refractivity contribution in [3.05, 3.63) is 96.1 Å². The molecule has 0 saturated carbocycles. The molecule has 0 radical (unpaired) electrons. The lowest BCUT2D eigenvalue weighted by atomic mass is 9.98. The number of carbonyl (C=O) groups excluding carboxylic acids is 2. The molecule has 0 spiro atoms. The minimum atomic E-state index is -1.09. The number of nitrogens with one attached hydrogen (secondary N) is 2. The van der Waals surface area contributed by atoms with Crippen LogP contribution in [-0.2, 0) is 4.79 Å². The highest BCUT2D eigenvalue weighted by Crippen LogP contribution is 2.28. The lowest BCUT2D eigenvalue weighted by molar-refractivity contribution is -0.113. The van der Waals surface area contributed by atoms with Crippen molar-refractivity contribution in [1.82, 2.24) is 4.98 Å². The number of nitrogens with zero attached hydrogens (tertiary/aromatic N) is 1. The predicted molar refractivity (Wildman–Crippen MR) is 144 cm³/mol. The Bertz CT molecular complexity index is 1590. The van der Waals surface area contributed by atoms with E-state index in [0.717, 1.165) is 15.1 Å². The first-order valence-corrected chi connectivity index (χ1v) is 12.7. The third-order valence-corrected chi connectivity index (χ3v) is 7.33. The maximum absolute atomic E-state index is 13.1. The quantitative estimate of drug-likeness (QED) is 0.226. The molecule has 5 rings (SSSR count). The summed E-state index contributed by atoms with van der Waals surface area (Å²) < 4.78 is 1.01. The number of benzene rings is 4. The van der Waals surface area contributed by atoms with Gasteiger partial charge in [-0.15, -0.1) is 11.8 Å². The van der Waals surface area contributed by atoms with Crippen molar-refractivity contribution >= 4 is 72.7 Å². The second-order valence-electron chi connectivity index (χ2n) is 7.82. The van der Waals surface area contributed by atoms with Gasteiger partial charge in [0.05, 0.1) is 21.5 Å². The van der Waals surface area contributed by atoms with Crippen molar-refractivity contribution in [3.63, 3.8) is 0 Å². The number of thioether (sulfide) groups is 1. The van der Waals surface area contributed by atoms with E-state index in [1.165, 1.54) is 29.2 Å². The molecule has 0 bridgehead atoms. The molecule has 4 aromatic carbocycles. The van der Waals surface area contributed by atoms with Crippen LogP contribution in [0.1, 0.15) is 20.7 Å². The Labute approximate surface area is 214 Å². The number of aromatic carboxylic acids is 1. The van der Waals surface area contributed by atoms with E-state index in [4.69, 9.17) is 0 Å². The lowest BCUT2D eigenvalue weighted by Gasteiger charge is -2.11. The van der Waals surface area contributed by atoms with Crippen molar-refractivity contribution in [2.75, 3.05) is 16.4 Å². The average molecular weight is 514 g/mol. The summed E-state index contributed by atoms with van der Waals surface area (Å²) in [6.07, 6.45) is 0. The zero-order chi connectivity index (χ0) is 25.1. The van der Waals surface area contributed by atoms with Gasteiger partial charge in [-0.2, -0.15) is 0 Å². The fourth-order valence-corrected chi connectivity index (χ4v) is 5.44. The smallest absolute Gasteiger partial charge is 0.336 e. The summed E-state index contributed by atoms with van der Waals surface area (Å²) in [5.74, 6) is -1.50. The average Bonchev–Trinajstić information content (AvgIpc) is 3.29. The normalized spacial score (nSPS) is 10.9. The standard InChI is InChI=1S/C27H19N3O4S2/c31-23(30-27-29-21-12-1-2-13-22(21)36-27)15-35-18-9-5-8-17(14-18)28-25(32)19-10-3-6-16-7-4-11-20(24(16)19)26(33)34/h1-14H,15H2,(H,28,32)(H,33,34)(H,29,30,31). The molecule has 5 aromatic rings. The summed E-state index contributed by atoms with van der Waals surface area (Å²) in [5.41, 5.74) is 1.73. The number of rotatable bonds is 7. The number of amides is 2. The summed E-state index contributed by atoms with van der Waals surface area (Å²) in [5, 5.41) is 16.9. The van der Waals surface area contributed by atoms with Crippen LogP contribution in [-0.4, -0.2) is 33.6 Å².